The molecule has 3 N–H and O–H groups in total. The zero-order chi connectivity index (χ0) is 33.0. The highest BCUT2D eigenvalue weighted by Crippen LogP contribution is 2.41. The van der Waals surface area contributed by atoms with Crippen molar-refractivity contribution in [2.45, 2.75) is 68.7 Å². The maximum Gasteiger partial charge on any atom is 0.264 e. The molecule has 0 saturated heterocycles. The maximum atomic E-state index is 13.4. The summed E-state index contributed by atoms with van der Waals surface area (Å²) in [6.07, 6.45) is 8.44. The van der Waals surface area contributed by atoms with E-state index in [4.69, 9.17) is 28.2 Å². The molecule has 3 aromatic carbocycles. The highest BCUT2D eigenvalue weighted by molar-refractivity contribution is 7.92. The van der Waals surface area contributed by atoms with Crippen LogP contribution in [0.1, 0.15) is 73.4 Å². The molecule has 0 fully saturated rings. The van der Waals surface area contributed by atoms with Crippen molar-refractivity contribution in [3.05, 3.63) is 93.1 Å². The van der Waals surface area contributed by atoms with Gasteiger partial charge < -0.3 is 16.0 Å². The predicted molar refractivity (Wildman–Crippen MR) is 191 cm³/mol. The van der Waals surface area contributed by atoms with E-state index < -0.39 is 10.0 Å². The van der Waals surface area contributed by atoms with E-state index in [1.807, 2.05) is 42.5 Å². The van der Waals surface area contributed by atoms with E-state index in [1.165, 1.54) is 15.9 Å². The van der Waals surface area contributed by atoms with Gasteiger partial charge in [-0.3, -0.25) is 14.1 Å². The van der Waals surface area contributed by atoms with Crippen molar-refractivity contribution in [3.8, 4) is 0 Å². The fourth-order valence-corrected chi connectivity index (χ4v) is 8.62. The molecule has 1 amide bonds. The summed E-state index contributed by atoms with van der Waals surface area (Å²) in [5.74, 6) is 0.0639. The van der Waals surface area contributed by atoms with Gasteiger partial charge >= 0.3 is 0 Å². The number of fused-ring (bicyclic) bond motifs is 4. The van der Waals surface area contributed by atoms with E-state index in [2.05, 4.69) is 16.0 Å². The molecule has 0 bridgehead atoms. The average molecular weight is 695 g/mol. The maximum absolute atomic E-state index is 13.4. The topological polar surface area (TPSA) is 103 Å². The summed E-state index contributed by atoms with van der Waals surface area (Å²) in [5.41, 5.74) is 6.73. The van der Waals surface area contributed by atoms with Crippen molar-refractivity contribution in [1.29, 1.82) is 0 Å². The van der Waals surface area contributed by atoms with E-state index in [9.17, 15) is 13.2 Å². The Labute approximate surface area is 287 Å². The van der Waals surface area contributed by atoms with Crippen LogP contribution in [-0.2, 0) is 27.7 Å². The number of pyridine rings is 1. The summed E-state index contributed by atoms with van der Waals surface area (Å²) in [6.45, 7) is 1.90. The molecule has 248 valence electrons. The molecular weight excluding hydrogens is 653 g/mol. The number of hydrogen-bond donors (Lipinski definition) is 3. The Kier molecular flexibility index (Phi) is 10.6. The molecule has 0 saturated carbocycles. The molecule has 0 radical (unpaired) electrons. The lowest BCUT2D eigenvalue weighted by molar-refractivity contribution is -0.121. The van der Waals surface area contributed by atoms with Crippen LogP contribution >= 0.6 is 23.2 Å². The van der Waals surface area contributed by atoms with Crippen LogP contribution in [0.15, 0.2) is 65.6 Å². The van der Waals surface area contributed by atoms with Crippen molar-refractivity contribution in [2.24, 2.45) is 0 Å². The minimum Gasteiger partial charge on any atom is -0.382 e. The number of aryl methyl sites for hydroxylation is 1. The van der Waals surface area contributed by atoms with Crippen molar-refractivity contribution >= 4 is 61.4 Å². The summed E-state index contributed by atoms with van der Waals surface area (Å²) >= 11 is 12.5. The fraction of sp³-hybridized carbons (Fsp3) is 0.389. The van der Waals surface area contributed by atoms with Crippen LogP contribution in [0.25, 0.3) is 10.9 Å². The standard InChI is InChI=1S/C36H41Cl2N5O3S/c1-43-32-13-8-6-11-28(32)36(29-18-16-25(38)23-33(29)47(43,45)46)40-19-9-3-2-4-14-34(44)39-20-21-41-35-26-10-5-7-12-30(26)42-31-22-24(37)15-17-27(31)35/h6,8,11,13,15-18,22-23,36,40H,2-5,7,9-10,12,14,19-21H2,1H3,(H,39,44)(H,41,42). The Balaban J connectivity index is 0.952. The lowest BCUT2D eigenvalue weighted by atomic mass is 9.92. The molecular formula is C36H41Cl2N5O3S. The van der Waals surface area contributed by atoms with Crippen LogP contribution in [-0.4, -0.2) is 46.0 Å². The van der Waals surface area contributed by atoms with Crippen LogP contribution in [0.4, 0.5) is 11.4 Å². The van der Waals surface area contributed by atoms with Gasteiger partial charge in [0.2, 0.25) is 5.91 Å². The number of unbranched alkanes of at least 4 members (excludes halogenated alkanes) is 3. The molecule has 6 rings (SSSR count). The number of nitrogens with one attached hydrogen (secondary N) is 3. The van der Waals surface area contributed by atoms with Gasteiger partial charge in [-0.2, -0.15) is 0 Å². The number of para-hydroxylation sites is 1. The number of carbonyl (C=O) groups excluding carboxylic acids is 1. The second-order valence-corrected chi connectivity index (χ2v) is 15.1. The Morgan fingerprint density at radius 2 is 1.66 bits per heavy atom. The number of benzene rings is 3. The smallest absolute Gasteiger partial charge is 0.264 e. The number of sulfonamides is 1. The minimum absolute atomic E-state index is 0.0639. The second kappa shape index (κ2) is 14.8. The zero-order valence-electron chi connectivity index (χ0n) is 26.6. The van der Waals surface area contributed by atoms with Crippen molar-refractivity contribution < 1.29 is 13.2 Å². The van der Waals surface area contributed by atoms with Crippen LogP contribution in [0.3, 0.4) is 0 Å². The quantitative estimate of drug-likeness (QED) is 0.134. The predicted octanol–water partition coefficient (Wildman–Crippen LogP) is 7.42. The summed E-state index contributed by atoms with van der Waals surface area (Å²) < 4.78 is 28.2. The van der Waals surface area contributed by atoms with Gasteiger partial charge in [0, 0.05) is 53.4 Å². The highest BCUT2D eigenvalue weighted by atomic mass is 35.5. The Morgan fingerprint density at radius 3 is 2.53 bits per heavy atom. The van der Waals surface area contributed by atoms with Crippen molar-refractivity contribution in [1.82, 2.24) is 15.6 Å². The average Bonchev–Trinajstić information content (AvgIpc) is 3.13. The molecule has 1 atom stereocenters. The van der Waals surface area contributed by atoms with E-state index >= 15 is 0 Å². The van der Waals surface area contributed by atoms with E-state index in [1.54, 1.807) is 19.2 Å². The third-order valence-corrected chi connectivity index (χ3v) is 11.5. The van der Waals surface area contributed by atoms with Gasteiger partial charge in [-0.1, -0.05) is 60.3 Å². The summed E-state index contributed by atoms with van der Waals surface area (Å²) in [5, 5.41) is 12.4. The third kappa shape index (κ3) is 7.38. The minimum atomic E-state index is -3.75. The van der Waals surface area contributed by atoms with Gasteiger partial charge in [0.05, 0.1) is 22.1 Å². The van der Waals surface area contributed by atoms with E-state index in [0.717, 1.165) is 79.2 Å². The Bertz CT molecular complexity index is 1880. The number of carbonyl (C=O) groups is 1. The number of hydrogen-bond acceptors (Lipinski definition) is 6. The Morgan fingerprint density at radius 1 is 0.894 bits per heavy atom. The van der Waals surface area contributed by atoms with Gasteiger partial charge in [-0.25, -0.2) is 8.42 Å². The largest absolute Gasteiger partial charge is 0.382 e. The molecule has 2 aliphatic rings. The number of aromatic nitrogens is 1. The first-order valence-electron chi connectivity index (χ1n) is 16.5. The monoisotopic (exact) mass is 693 g/mol. The SMILES string of the molecule is CN1c2ccccc2C(NCCCCCCC(=O)NCCNc2c3c(nc4cc(Cl)ccc24)CCCC3)c2ccc(Cl)cc2S1(=O)=O. The van der Waals surface area contributed by atoms with Gasteiger partial charge in [0.1, 0.15) is 0 Å². The van der Waals surface area contributed by atoms with Gasteiger partial charge in [0.25, 0.3) is 10.0 Å². The molecule has 1 aliphatic heterocycles. The van der Waals surface area contributed by atoms with Crippen LogP contribution in [0.2, 0.25) is 10.0 Å². The number of rotatable bonds is 12. The molecule has 1 aliphatic carbocycles. The van der Waals surface area contributed by atoms with E-state index in [0.29, 0.717) is 47.4 Å². The number of anilines is 2. The fourth-order valence-electron chi connectivity index (χ4n) is 6.74. The van der Waals surface area contributed by atoms with Crippen LogP contribution in [0.5, 0.6) is 0 Å². The summed E-state index contributed by atoms with van der Waals surface area (Å²) in [4.78, 5) is 17.7. The molecule has 0 spiro atoms. The lowest BCUT2D eigenvalue weighted by Gasteiger charge is -2.22. The van der Waals surface area contributed by atoms with Crippen molar-refractivity contribution in [2.75, 3.05) is 36.3 Å². The first-order chi connectivity index (χ1) is 22.7. The molecule has 11 heteroatoms. The molecule has 8 nitrogen and oxygen atoms in total. The van der Waals surface area contributed by atoms with Crippen LogP contribution in [0, 0.1) is 0 Å². The molecule has 2 heterocycles. The van der Waals surface area contributed by atoms with Gasteiger partial charge in [-0.15, -0.1) is 0 Å². The normalized spacial score (nSPS) is 16.6. The number of halogens is 2. The number of nitrogens with zero attached hydrogens (tertiary/aromatic N) is 2. The van der Waals surface area contributed by atoms with Crippen molar-refractivity contribution in [3.63, 3.8) is 0 Å². The Hall–Kier alpha value is -3.37. The number of amides is 1. The highest BCUT2D eigenvalue weighted by Gasteiger charge is 2.34. The second-order valence-electron chi connectivity index (χ2n) is 12.3. The first kappa shape index (κ1) is 33.5. The van der Waals surface area contributed by atoms with Gasteiger partial charge in [0.15, 0.2) is 0 Å². The lowest BCUT2D eigenvalue weighted by Crippen LogP contribution is -2.29. The zero-order valence-corrected chi connectivity index (χ0v) is 28.9. The first-order valence-corrected chi connectivity index (χ1v) is 18.7. The van der Waals surface area contributed by atoms with Gasteiger partial charge in [-0.05, 0) is 98.2 Å². The summed E-state index contributed by atoms with van der Waals surface area (Å²) in [6, 6.07) is 18.2. The summed E-state index contributed by atoms with van der Waals surface area (Å²) in [7, 11) is -2.17. The molecule has 1 aromatic heterocycles. The molecule has 1 unspecified atom stereocenters. The molecule has 47 heavy (non-hydrogen) atoms. The molecule has 4 aromatic rings. The van der Waals surface area contributed by atoms with E-state index in [-0.39, 0.29) is 16.8 Å². The third-order valence-electron chi connectivity index (χ3n) is 9.17. The van der Waals surface area contributed by atoms with Crippen LogP contribution < -0.4 is 20.3 Å².